The van der Waals surface area contributed by atoms with Gasteiger partial charge in [0.15, 0.2) is 0 Å². The maximum atomic E-state index is 13.0. The van der Waals surface area contributed by atoms with Gasteiger partial charge in [0.05, 0.1) is 5.69 Å². The lowest BCUT2D eigenvalue weighted by molar-refractivity contribution is -0.125. The van der Waals surface area contributed by atoms with Crippen LogP contribution in [0.1, 0.15) is 18.2 Å². The van der Waals surface area contributed by atoms with E-state index in [-0.39, 0.29) is 11.8 Å². The summed E-state index contributed by atoms with van der Waals surface area (Å²) in [5, 5.41) is 6.68. The molecule has 0 aliphatic rings. The molecule has 0 bridgehead atoms. The predicted octanol–water partition coefficient (Wildman–Crippen LogP) is 3.83. The zero-order valence-corrected chi connectivity index (χ0v) is 17.7. The molecule has 1 atom stereocenters. The zero-order chi connectivity index (χ0) is 22.3. The molecule has 4 aromatic rings. The number of benzene rings is 2. The summed E-state index contributed by atoms with van der Waals surface area (Å²) in [6.45, 7) is 1.73. The first-order chi connectivity index (χ1) is 15.6. The van der Waals surface area contributed by atoms with Crippen molar-refractivity contribution >= 4 is 28.4 Å². The molecule has 1 unspecified atom stereocenters. The van der Waals surface area contributed by atoms with Crippen molar-refractivity contribution in [1.29, 1.82) is 0 Å². The van der Waals surface area contributed by atoms with E-state index in [0.717, 1.165) is 22.2 Å². The van der Waals surface area contributed by atoms with Gasteiger partial charge < -0.3 is 20.4 Å². The molecule has 3 N–H and O–H groups in total. The standard InChI is InChI=1S/C25H24N4O3/c1-17(30)28-24(13-18-15-27-23-11-3-2-10-22(18)23)25(31)29-19-8-6-9-21(14-19)32-16-20-7-4-5-12-26-20/h2-12,14-15,24,27H,13,16H2,1H3,(H,28,30)(H,29,31). The fourth-order valence-corrected chi connectivity index (χ4v) is 3.51. The monoisotopic (exact) mass is 428 g/mol. The fourth-order valence-electron chi connectivity index (χ4n) is 3.51. The zero-order valence-electron chi connectivity index (χ0n) is 17.7. The van der Waals surface area contributed by atoms with Crippen molar-refractivity contribution in [2.24, 2.45) is 0 Å². The van der Waals surface area contributed by atoms with Gasteiger partial charge in [-0.25, -0.2) is 0 Å². The molecule has 0 spiro atoms. The number of fused-ring (bicyclic) bond motifs is 1. The third-order valence-corrected chi connectivity index (χ3v) is 5.01. The highest BCUT2D eigenvalue weighted by Gasteiger charge is 2.21. The predicted molar refractivity (Wildman–Crippen MR) is 123 cm³/mol. The fraction of sp³-hybridized carbons (Fsp3) is 0.160. The third-order valence-electron chi connectivity index (χ3n) is 5.01. The van der Waals surface area contributed by atoms with E-state index in [9.17, 15) is 9.59 Å². The molecular formula is C25H24N4O3. The van der Waals surface area contributed by atoms with E-state index in [4.69, 9.17) is 4.74 Å². The Bertz CT molecular complexity index is 1220. The van der Waals surface area contributed by atoms with Gasteiger partial charge in [-0.05, 0) is 35.9 Å². The molecule has 2 heterocycles. The number of nitrogens with zero attached hydrogens (tertiary/aromatic N) is 1. The molecule has 7 heteroatoms. The van der Waals surface area contributed by atoms with E-state index in [0.29, 0.717) is 24.5 Å². The van der Waals surface area contributed by atoms with Gasteiger partial charge in [0.25, 0.3) is 0 Å². The van der Waals surface area contributed by atoms with Crippen LogP contribution in [0.3, 0.4) is 0 Å². The topological polar surface area (TPSA) is 96.1 Å². The highest BCUT2D eigenvalue weighted by molar-refractivity contribution is 5.97. The summed E-state index contributed by atoms with van der Waals surface area (Å²) >= 11 is 0. The van der Waals surface area contributed by atoms with E-state index in [1.54, 1.807) is 24.4 Å². The van der Waals surface area contributed by atoms with Crippen molar-refractivity contribution in [1.82, 2.24) is 15.3 Å². The summed E-state index contributed by atoms with van der Waals surface area (Å²) in [6, 6.07) is 19.9. The molecule has 32 heavy (non-hydrogen) atoms. The molecule has 0 saturated carbocycles. The molecule has 0 aliphatic carbocycles. The summed E-state index contributed by atoms with van der Waals surface area (Å²) in [5.41, 5.74) is 3.35. The summed E-state index contributed by atoms with van der Waals surface area (Å²) < 4.78 is 5.79. The SMILES string of the molecule is CC(=O)NC(Cc1c[nH]c2ccccc12)C(=O)Nc1cccc(OCc2ccccn2)c1. The lowest BCUT2D eigenvalue weighted by Crippen LogP contribution is -2.44. The molecule has 4 rings (SSSR count). The minimum atomic E-state index is -0.718. The average molecular weight is 428 g/mol. The Balaban J connectivity index is 1.45. The van der Waals surface area contributed by atoms with E-state index >= 15 is 0 Å². The van der Waals surface area contributed by atoms with Crippen molar-refractivity contribution in [2.75, 3.05) is 5.32 Å². The van der Waals surface area contributed by atoms with Crippen LogP contribution in [-0.4, -0.2) is 27.8 Å². The lowest BCUT2D eigenvalue weighted by Gasteiger charge is -2.18. The number of hydrogen-bond acceptors (Lipinski definition) is 4. The van der Waals surface area contributed by atoms with Gasteiger partial charge in [0.2, 0.25) is 11.8 Å². The highest BCUT2D eigenvalue weighted by Crippen LogP contribution is 2.21. The molecular weight excluding hydrogens is 404 g/mol. The van der Waals surface area contributed by atoms with Crippen molar-refractivity contribution in [3.8, 4) is 5.75 Å². The second kappa shape index (κ2) is 9.78. The van der Waals surface area contributed by atoms with E-state index in [1.165, 1.54) is 6.92 Å². The number of para-hydroxylation sites is 1. The number of rotatable bonds is 8. The number of hydrogen-bond donors (Lipinski definition) is 3. The molecule has 2 aromatic carbocycles. The number of anilines is 1. The number of H-pyrrole nitrogens is 1. The first kappa shape index (κ1) is 21.1. The van der Waals surface area contributed by atoms with Crippen LogP contribution in [0.25, 0.3) is 10.9 Å². The Morgan fingerprint density at radius 1 is 1.06 bits per heavy atom. The lowest BCUT2D eigenvalue weighted by atomic mass is 10.0. The van der Waals surface area contributed by atoms with Crippen LogP contribution < -0.4 is 15.4 Å². The summed E-state index contributed by atoms with van der Waals surface area (Å²) in [5.74, 6) is 0.0472. The Hall–Kier alpha value is -4.13. The molecule has 0 aliphatic heterocycles. The molecule has 7 nitrogen and oxygen atoms in total. The number of pyridine rings is 1. The van der Waals surface area contributed by atoms with Crippen LogP contribution in [0.15, 0.2) is 79.1 Å². The van der Waals surface area contributed by atoms with Crippen LogP contribution in [0.4, 0.5) is 5.69 Å². The second-order valence-corrected chi connectivity index (χ2v) is 7.44. The van der Waals surface area contributed by atoms with Crippen LogP contribution in [0.5, 0.6) is 5.75 Å². The summed E-state index contributed by atoms with van der Waals surface area (Å²) in [4.78, 5) is 32.2. The van der Waals surface area contributed by atoms with Crippen molar-refractivity contribution in [3.05, 3.63) is 90.4 Å². The van der Waals surface area contributed by atoms with E-state index in [1.807, 2.05) is 54.7 Å². The van der Waals surface area contributed by atoms with Crippen molar-refractivity contribution in [3.63, 3.8) is 0 Å². The first-order valence-corrected chi connectivity index (χ1v) is 10.3. The first-order valence-electron chi connectivity index (χ1n) is 10.3. The number of aromatic nitrogens is 2. The highest BCUT2D eigenvalue weighted by atomic mass is 16.5. The Kier molecular flexibility index (Phi) is 6.46. The maximum Gasteiger partial charge on any atom is 0.247 e. The number of amides is 2. The van der Waals surface area contributed by atoms with E-state index in [2.05, 4.69) is 20.6 Å². The van der Waals surface area contributed by atoms with Gasteiger partial charge in [0.1, 0.15) is 18.4 Å². The van der Waals surface area contributed by atoms with Gasteiger partial charge in [0, 0.05) is 48.4 Å². The van der Waals surface area contributed by atoms with Crippen molar-refractivity contribution in [2.45, 2.75) is 26.0 Å². The molecule has 0 fully saturated rings. The van der Waals surface area contributed by atoms with Gasteiger partial charge in [-0.15, -0.1) is 0 Å². The van der Waals surface area contributed by atoms with Crippen LogP contribution in [0, 0.1) is 0 Å². The minimum Gasteiger partial charge on any atom is -0.487 e. The van der Waals surface area contributed by atoms with E-state index < -0.39 is 6.04 Å². The van der Waals surface area contributed by atoms with Gasteiger partial charge in [-0.1, -0.05) is 30.3 Å². The quantitative estimate of drug-likeness (QED) is 0.397. The maximum absolute atomic E-state index is 13.0. The Morgan fingerprint density at radius 3 is 2.72 bits per heavy atom. The van der Waals surface area contributed by atoms with Gasteiger partial charge >= 0.3 is 0 Å². The smallest absolute Gasteiger partial charge is 0.247 e. The minimum absolute atomic E-state index is 0.266. The average Bonchev–Trinajstić information content (AvgIpc) is 3.21. The number of ether oxygens (including phenoxy) is 1. The molecule has 0 saturated heterocycles. The van der Waals surface area contributed by atoms with Gasteiger partial charge in [-0.3, -0.25) is 14.6 Å². The molecule has 162 valence electrons. The second-order valence-electron chi connectivity index (χ2n) is 7.44. The largest absolute Gasteiger partial charge is 0.487 e. The van der Waals surface area contributed by atoms with Gasteiger partial charge in [-0.2, -0.15) is 0 Å². The number of carbonyl (C=O) groups is 2. The number of nitrogens with one attached hydrogen (secondary N) is 3. The molecule has 0 radical (unpaired) electrons. The van der Waals surface area contributed by atoms with Crippen LogP contribution >= 0.6 is 0 Å². The Labute approximate surface area is 185 Å². The van der Waals surface area contributed by atoms with Crippen LogP contribution in [-0.2, 0) is 22.6 Å². The summed E-state index contributed by atoms with van der Waals surface area (Å²) in [7, 11) is 0. The van der Waals surface area contributed by atoms with Crippen molar-refractivity contribution < 1.29 is 14.3 Å². The van der Waals surface area contributed by atoms with Crippen LogP contribution in [0.2, 0.25) is 0 Å². The molecule has 2 amide bonds. The number of carbonyl (C=O) groups excluding carboxylic acids is 2. The number of aromatic amines is 1. The Morgan fingerprint density at radius 2 is 1.91 bits per heavy atom. The third kappa shape index (κ3) is 5.31. The molecule has 2 aromatic heterocycles. The normalized spacial score (nSPS) is 11.7. The summed E-state index contributed by atoms with van der Waals surface area (Å²) in [6.07, 6.45) is 3.95.